The second-order valence-corrected chi connectivity index (χ2v) is 6.01. The minimum atomic E-state index is -0.188. The van der Waals surface area contributed by atoms with Crippen LogP contribution in [0.4, 0.5) is 0 Å². The smallest absolute Gasteiger partial charge is 0.265 e. The van der Waals surface area contributed by atoms with Crippen molar-refractivity contribution < 1.29 is 9.90 Å². The average Bonchev–Trinajstić information content (AvgIpc) is 2.91. The second kappa shape index (κ2) is 6.89. The Morgan fingerprint density at radius 2 is 2.45 bits per heavy atom. The molecule has 0 aromatic carbocycles. The SMILES string of the molecule is CN1CCCC(N(C)C(=O)c2sccc2C#CCO)C1. The molecule has 1 amide bonds. The van der Waals surface area contributed by atoms with E-state index in [2.05, 4.69) is 23.8 Å². The van der Waals surface area contributed by atoms with Gasteiger partial charge in [0.1, 0.15) is 11.5 Å². The maximum Gasteiger partial charge on any atom is 0.265 e. The number of carbonyl (C=O) groups is 1. The Morgan fingerprint density at radius 3 is 3.15 bits per heavy atom. The lowest BCUT2D eigenvalue weighted by Crippen LogP contribution is -2.47. The van der Waals surface area contributed by atoms with Crippen molar-refractivity contribution in [2.45, 2.75) is 18.9 Å². The van der Waals surface area contributed by atoms with Gasteiger partial charge >= 0.3 is 0 Å². The number of aliphatic hydroxyl groups excluding tert-OH is 1. The van der Waals surface area contributed by atoms with E-state index in [-0.39, 0.29) is 18.6 Å². The van der Waals surface area contributed by atoms with Gasteiger partial charge in [-0.1, -0.05) is 11.8 Å². The van der Waals surface area contributed by atoms with Gasteiger partial charge in [-0.05, 0) is 37.9 Å². The predicted molar refractivity (Wildman–Crippen MR) is 80.9 cm³/mol. The molecule has 1 fully saturated rings. The van der Waals surface area contributed by atoms with E-state index < -0.39 is 0 Å². The van der Waals surface area contributed by atoms with Gasteiger partial charge in [-0.15, -0.1) is 11.3 Å². The Labute approximate surface area is 124 Å². The molecule has 0 bridgehead atoms. The van der Waals surface area contributed by atoms with Gasteiger partial charge in [0, 0.05) is 25.2 Å². The van der Waals surface area contributed by atoms with Crippen molar-refractivity contribution in [1.82, 2.24) is 9.80 Å². The number of hydrogen-bond donors (Lipinski definition) is 1. The summed E-state index contributed by atoms with van der Waals surface area (Å²) in [7, 11) is 3.96. The lowest BCUT2D eigenvalue weighted by atomic mass is 10.0. The molecule has 108 valence electrons. The Morgan fingerprint density at radius 1 is 1.65 bits per heavy atom. The molecular formula is C15H20N2O2S. The summed E-state index contributed by atoms with van der Waals surface area (Å²) in [6.07, 6.45) is 2.18. The summed E-state index contributed by atoms with van der Waals surface area (Å²) in [4.78, 5) is 17.4. The number of thiophene rings is 1. The number of likely N-dealkylation sites (tertiary alicyclic amines) is 1. The summed E-state index contributed by atoms with van der Waals surface area (Å²) in [5.41, 5.74) is 0.713. The first-order valence-corrected chi connectivity index (χ1v) is 7.64. The fraction of sp³-hybridized carbons (Fsp3) is 0.533. The zero-order valence-electron chi connectivity index (χ0n) is 11.9. The molecule has 0 spiro atoms. The summed E-state index contributed by atoms with van der Waals surface area (Å²) in [5, 5.41) is 10.6. The fourth-order valence-corrected chi connectivity index (χ4v) is 3.32. The number of amides is 1. The van der Waals surface area contributed by atoms with E-state index in [1.165, 1.54) is 11.3 Å². The van der Waals surface area contributed by atoms with Gasteiger partial charge in [0.05, 0.1) is 0 Å². The highest BCUT2D eigenvalue weighted by molar-refractivity contribution is 7.12. The highest BCUT2D eigenvalue weighted by Crippen LogP contribution is 2.21. The highest BCUT2D eigenvalue weighted by atomic mass is 32.1. The average molecular weight is 292 g/mol. The van der Waals surface area contributed by atoms with Gasteiger partial charge in [0.2, 0.25) is 0 Å². The number of hydrogen-bond acceptors (Lipinski definition) is 4. The monoisotopic (exact) mass is 292 g/mol. The van der Waals surface area contributed by atoms with Crippen molar-refractivity contribution in [2.24, 2.45) is 0 Å². The first-order valence-electron chi connectivity index (χ1n) is 6.76. The van der Waals surface area contributed by atoms with E-state index in [0.29, 0.717) is 10.4 Å². The Bertz CT molecular complexity index is 529. The van der Waals surface area contributed by atoms with Crippen LogP contribution < -0.4 is 0 Å². The summed E-state index contributed by atoms with van der Waals surface area (Å²) in [6.45, 7) is 1.84. The number of nitrogens with zero attached hydrogens (tertiary/aromatic N) is 2. The van der Waals surface area contributed by atoms with Gasteiger partial charge < -0.3 is 14.9 Å². The zero-order chi connectivity index (χ0) is 14.5. The van der Waals surface area contributed by atoms with Gasteiger partial charge in [-0.3, -0.25) is 4.79 Å². The molecule has 20 heavy (non-hydrogen) atoms. The van der Waals surface area contributed by atoms with Crippen LogP contribution in [0.2, 0.25) is 0 Å². The Balaban J connectivity index is 2.12. The van der Waals surface area contributed by atoms with Gasteiger partial charge in [-0.2, -0.15) is 0 Å². The third-order valence-corrected chi connectivity index (χ3v) is 4.53. The maximum absolute atomic E-state index is 12.6. The van der Waals surface area contributed by atoms with Crippen LogP contribution in [0.3, 0.4) is 0 Å². The first kappa shape index (κ1) is 15.0. The molecule has 2 heterocycles. The first-order chi connectivity index (χ1) is 9.63. The molecule has 0 aliphatic carbocycles. The number of piperidine rings is 1. The minimum Gasteiger partial charge on any atom is -0.384 e. The van der Waals surface area contributed by atoms with Crippen molar-refractivity contribution in [3.8, 4) is 11.8 Å². The molecule has 1 saturated heterocycles. The van der Waals surface area contributed by atoms with Crippen LogP contribution in [0.5, 0.6) is 0 Å². The van der Waals surface area contributed by atoms with Crippen LogP contribution in [0.1, 0.15) is 28.1 Å². The summed E-state index contributed by atoms with van der Waals surface area (Å²) >= 11 is 1.41. The van der Waals surface area contributed by atoms with Gasteiger partial charge in [0.15, 0.2) is 0 Å². The molecule has 1 aliphatic heterocycles. The number of likely N-dealkylation sites (N-methyl/N-ethyl adjacent to an activating group) is 2. The lowest BCUT2D eigenvalue weighted by Gasteiger charge is -2.35. The van der Waals surface area contributed by atoms with Crippen LogP contribution in [0.25, 0.3) is 0 Å². The van der Waals surface area contributed by atoms with E-state index in [9.17, 15) is 4.79 Å². The molecule has 4 nitrogen and oxygen atoms in total. The molecule has 2 rings (SSSR count). The van der Waals surface area contributed by atoms with Gasteiger partial charge in [0.25, 0.3) is 5.91 Å². The van der Waals surface area contributed by atoms with Crippen LogP contribution >= 0.6 is 11.3 Å². The number of carbonyl (C=O) groups excluding carboxylic acids is 1. The van der Waals surface area contributed by atoms with Crippen molar-refractivity contribution in [3.05, 3.63) is 21.9 Å². The Kier molecular flexibility index (Phi) is 5.18. The highest BCUT2D eigenvalue weighted by Gasteiger charge is 2.26. The van der Waals surface area contributed by atoms with Crippen molar-refractivity contribution in [3.63, 3.8) is 0 Å². The summed E-state index contributed by atoms with van der Waals surface area (Å²) in [5.74, 6) is 5.48. The van der Waals surface area contributed by atoms with Gasteiger partial charge in [-0.25, -0.2) is 0 Å². The molecule has 1 aliphatic rings. The minimum absolute atomic E-state index is 0.0301. The van der Waals surface area contributed by atoms with E-state index in [1.807, 2.05) is 23.4 Å². The number of aliphatic hydroxyl groups is 1. The number of rotatable bonds is 2. The standard InChI is InChI=1S/C15H20N2O2S/c1-16-8-3-6-13(11-16)17(2)15(19)14-12(5-4-9-18)7-10-20-14/h7,10,13,18H,3,6,8-9,11H2,1-2H3. The molecule has 1 atom stereocenters. The van der Waals surface area contributed by atoms with Crippen LogP contribution in [-0.4, -0.2) is 60.6 Å². The van der Waals surface area contributed by atoms with E-state index in [0.717, 1.165) is 25.9 Å². The topological polar surface area (TPSA) is 43.8 Å². The molecule has 5 heteroatoms. The molecule has 1 unspecified atom stereocenters. The summed E-state index contributed by atoms with van der Waals surface area (Å²) < 4.78 is 0. The van der Waals surface area contributed by atoms with E-state index in [1.54, 1.807) is 0 Å². The van der Waals surface area contributed by atoms with E-state index in [4.69, 9.17) is 5.11 Å². The summed E-state index contributed by atoms with van der Waals surface area (Å²) in [6, 6.07) is 2.10. The van der Waals surface area contributed by atoms with Crippen LogP contribution in [0, 0.1) is 11.8 Å². The maximum atomic E-state index is 12.6. The van der Waals surface area contributed by atoms with Crippen molar-refractivity contribution in [1.29, 1.82) is 0 Å². The molecule has 0 saturated carbocycles. The second-order valence-electron chi connectivity index (χ2n) is 5.10. The van der Waals surface area contributed by atoms with Crippen LogP contribution in [0.15, 0.2) is 11.4 Å². The Hall–Kier alpha value is -1.35. The third kappa shape index (κ3) is 3.40. The van der Waals surface area contributed by atoms with Crippen LogP contribution in [-0.2, 0) is 0 Å². The van der Waals surface area contributed by atoms with E-state index >= 15 is 0 Å². The third-order valence-electron chi connectivity index (χ3n) is 3.63. The normalized spacial score (nSPS) is 19.2. The largest absolute Gasteiger partial charge is 0.384 e. The lowest BCUT2D eigenvalue weighted by molar-refractivity contribution is 0.0648. The quantitative estimate of drug-likeness (QED) is 0.835. The molecular weight excluding hydrogens is 272 g/mol. The molecule has 1 aromatic rings. The van der Waals surface area contributed by atoms with Crippen molar-refractivity contribution >= 4 is 17.2 Å². The molecule has 1 aromatic heterocycles. The zero-order valence-corrected chi connectivity index (χ0v) is 12.7. The van der Waals surface area contributed by atoms with Crippen molar-refractivity contribution in [2.75, 3.05) is 33.8 Å². The fourth-order valence-electron chi connectivity index (χ4n) is 2.49. The molecule has 0 radical (unpaired) electrons. The predicted octanol–water partition coefficient (Wildman–Crippen LogP) is 1.26. The molecule has 1 N–H and O–H groups in total.